The molecule has 1 fully saturated rings. The first-order valence-corrected chi connectivity index (χ1v) is 3.94. The van der Waals surface area contributed by atoms with Crippen LogP contribution in [0.5, 0.6) is 0 Å². The Bertz CT molecular complexity index is 170. The molecule has 11 heavy (non-hydrogen) atoms. The molecule has 0 spiro atoms. The number of hydrogen-bond acceptors (Lipinski definition) is 1. The van der Waals surface area contributed by atoms with E-state index in [0.717, 1.165) is 0 Å². The molecule has 1 atom stereocenters. The van der Waals surface area contributed by atoms with Crippen LogP contribution in [0.3, 0.4) is 0 Å². The Morgan fingerprint density at radius 3 is 2.91 bits per heavy atom. The Kier molecular flexibility index (Phi) is 2.52. The van der Waals surface area contributed by atoms with Gasteiger partial charge < -0.3 is 11.1 Å². The van der Waals surface area contributed by atoms with Crippen LogP contribution in [0.4, 0.5) is 0 Å². The molecular formula is C8H15N3. The highest BCUT2D eigenvalue weighted by Crippen LogP contribution is 2.22. The highest BCUT2D eigenvalue weighted by molar-refractivity contribution is 5.78. The van der Waals surface area contributed by atoms with E-state index in [1.54, 1.807) is 6.08 Å². The van der Waals surface area contributed by atoms with Crippen molar-refractivity contribution in [1.29, 1.82) is 0 Å². The van der Waals surface area contributed by atoms with Gasteiger partial charge in [0.1, 0.15) is 0 Å². The normalized spacial score (nSPS) is 21.0. The minimum Gasteiger partial charge on any atom is -0.370 e. The molecule has 3 N–H and O–H groups in total. The molecule has 0 bridgehead atoms. The van der Waals surface area contributed by atoms with Gasteiger partial charge in [-0.05, 0) is 19.8 Å². The van der Waals surface area contributed by atoms with Crippen LogP contribution < -0.4 is 11.1 Å². The average Bonchev–Trinajstić information content (AvgIpc) is 2.71. The van der Waals surface area contributed by atoms with E-state index in [-0.39, 0.29) is 6.04 Å². The first kappa shape index (κ1) is 8.11. The second kappa shape index (κ2) is 3.42. The Morgan fingerprint density at radius 2 is 2.45 bits per heavy atom. The van der Waals surface area contributed by atoms with Crippen LogP contribution in [0.2, 0.25) is 0 Å². The van der Waals surface area contributed by atoms with Crippen molar-refractivity contribution in [2.75, 3.05) is 0 Å². The van der Waals surface area contributed by atoms with Gasteiger partial charge in [0, 0.05) is 6.04 Å². The molecular weight excluding hydrogens is 138 g/mol. The van der Waals surface area contributed by atoms with Gasteiger partial charge in [0.15, 0.2) is 5.96 Å². The molecule has 3 heteroatoms. The molecule has 0 aromatic heterocycles. The minimum absolute atomic E-state index is 0.206. The molecule has 1 rings (SSSR count). The number of guanidine groups is 1. The molecule has 3 nitrogen and oxygen atoms in total. The van der Waals surface area contributed by atoms with E-state index in [9.17, 15) is 0 Å². The van der Waals surface area contributed by atoms with Crippen molar-refractivity contribution in [3.63, 3.8) is 0 Å². The van der Waals surface area contributed by atoms with E-state index >= 15 is 0 Å². The van der Waals surface area contributed by atoms with Crippen molar-refractivity contribution in [1.82, 2.24) is 5.32 Å². The molecule has 1 saturated carbocycles. The summed E-state index contributed by atoms with van der Waals surface area (Å²) in [5.41, 5.74) is 5.58. The molecule has 62 valence electrons. The Balaban J connectivity index is 2.28. The third-order valence-electron chi connectivity index (χ3n) is 1.60. The lowest BCUT2D eigenvalue weighted by atomic mass is 10.3. The SMILES string of the molecule is C=CC(C)NC(N)=NC1CC1. The van der Waals surface area contributed by atoms with E-state index in [2.05, 4.69) is 16.9 Å². The quantitative estimate of drug-likeness (QED) is 0.355. The summed E-state index contributed by atoms with van der Waals surface area (Å²) in [6.07, 6.45) is 4.17. The lowest BCUT2D eigenvalue weighted by molar-refractivity contribution is 0.792. The molecule has 0 amide bonds. The standard InChI is InChI=1S/C8H15N3/c1-3-6(2)10-8(9)11-7-4-5-7/h3,6-7H,1,4-5H2,2H3,(H3,9,10,11). The summed E-state index contributed by atoms with van der Waals surface area (Å²) in [4.78, 5) is 4.21. The number of hydrogen-bond donors (Lipinski definition) is 2. The third-order valence-corrected chi connectivity index (χ3v) is 1.60. The molecule has 0 aromatic carbocycles. The maximum Gasteiger partial charge on any atom is 0.189 e. The van der Waals surface area contributed by atoms with Crippen molar-refractivity contribution >= 4 is 5.96 Å². The van der Waals surface area contributed by atoms with Gasteiger partial charge in [-0.2, -0.15) is 0 Å². The molecule has 0 aromatic rings. The van der Waals surface area contributed by atoms with E-state index in [0.29, 0.717) is 12.0 Å². The number of aliphatic imine (C=N–C) groups is 1. The van der Waals surface area contributed by atoms with Crippen molar-refractivity contribution in [3.05, 3.63) is 12.7 Å². The largest absolute Gasteiger partial charge is 0.370 e. The second-order valence-corrected chi connectivity index (χ2v) is 2.91. The summed E-state index contributed by atoms with van der Waals surface area (Å²) in [5.74, 6) is 0.542. The van der Waals surface area contributed by atoms with E-state index < -0.39 is 0 Å². The van der Waals surface area contributed by atoms with E-state index in [4.69, 9.17) is 5.73 Å². The van der Waals surface area contributed by atoms with Crippen LogP contribution >= 0.6 is 0 Å². The molecule has 1 unspecified atom stereocenters. The number of nitrogens with one attached hydrogen (secondary N) is 1. The topological polar surface area (TPSA) is 50.4 Å². The lowest BCUT2D eigenvalue weighted by Crippen LogP contribution is -2.37. The van der Waals surface area contributed by atoms with Crippen molar-refractivity contribution in [2.24, 2.45) is 10.7 Å². The maximum atomic E-state index is 5.58. The summed E-state index contributed by atoms with van der Waals surface area (Å²) in [7, 11) is 0. The van der Waals surface area contributed by atoms with E-state index in [1.807, 2.05) is 6.92 Å². The number of nitrogens with two attached hydrogens (primary N) is 1. The fourth-order valence-corrected chi connectivity index (χ4v) is 0.730. The van der Waals surface area contributed by atoms with Gasteiger partial charge in [-0.25, -0.2) is 0 Å². The van der Waals surface area contributed by atoms with Gasteiger partial charge in [-0.15, -0.1) is 6.58 Å². The predicted molar refractivity (Wildman–Crippen MR) is 47.4 cm³/mol. The van der Waals surface area contributed by atoms with Gasteiger partial charge in [0.2, 0.25) is 0 Å². The fraction of sp³-hybridized carbons (Fsp3) is 0.625. The smallest absolute Gasteiger partial charge is 0.189 e. The Labute approximate surface area is 67.4 Å². The van der Waals surface area contributed by atoms with Crippen molar-refractivity contribution < 1.29 is 0 Å². The molecule has 0 heterocycles. The highest BCUT2D eigenvalue weighted by atomic mass is 15.1. The second-order valence-electron chi connectivity index (χ2n) is 2.91. The number of rotatable bonds is 3. The predicted octanol–water partition coefficient (Wildman–Crippen LogP) is 0.628. The minimum atomic E-state index is 0.206. The van der Waals surface area contributed by atoms with Gasteiger partial charge >= 0.3 is 0 Å². The average molecular weight is 153 g/mol. The fourth-order valence-electron chi connectivity index (χ4n) is 0.730. The van der Waals surface area contributed by atoms with Crippen LogP contribution in [0.15, 0.2) is 17.6 Å². The summed E-state index contributed by atoms with van der Waals surface area (Å²) < 4.78 is 0. The van der Waals surface area contributed by atoms with Crippen LogP contribution in [-0.2, 0) is 0 Å². The summed E-state index contributed by atoms with van der Waals surface area (Å²) in [5, 5.41) is 3.01. The van der Waals surface area contributed by atoms with Crippen molar-refractivity contribution in [3.8, 4) is 0 Å². The summed E-state index contributed by atoms with van der Waals surface area (Å²) in [6, 6.07) is 0.692. The molecule has 1 aliphatic rings. The van der Waals surface area contributed by atoms with Crippen LogP contribution in [0.25, 0.3) is 0 Å². The number of nitrogens with zero attached hydrogens (tertiary/aromatic N) is 1. The van der Waals surface area contributed by atoms with E-state index in [1.165, 1.54) is 12.8 Å². The summed E-state index contributed by atoms with van der Waals surface area (Å²) >= 11 is 0. The van der Waals surface area contributed by atoms with Gasteiger partial charge in [-0.1, -0.05) is 6.08 Å². The zero-order valence-corrected chi connectivity index (χ0v) is 6.88. The first-order chi connectivity index (χ1) is 5.22. The first-order valence-electron chi connectivity index (χ1n) is 3.94. The van der Waals surface area contributed by atoms with Crippen LogP contribution in [-0.4, -0.2) is 18.0 Å². The molecule has 0 radical (unpaired) electrons. The van der Waals surface area contributed by atoms with Crippen LogP contribution in [0, 0.1) is 0 Å². The Hall–Kier alpha value is -0.990. The van der Waals surface area contributed by atoms with Gasteiger partial charge in [0.25, 0.3) is 0 Å². The van der Waals surface area contributed by atoms with Gasteiger partial charge in [-0.3, -0.25) is 4.99 Å². The lowest BCUT2D eigenvalue weighted by Gasteiger charge is -2.08. The maximum absolute atomic E-state index is 5.58. The van der Waals surface area contributed by atoms with Gasteiger partial charge in [0.05, 0.1) is 6.04 Å². The highest BCUT2D eigenvalue weighted by Gasteiger charge is 2.20. The zero-order chi connectivity index (χ0) is 8.27. The third kappa shape index (κ3) is 3.07. The molecule has 0 saturated heterocycles. The molecule has 1 aliphatic carbocycles. The Morgan fingerprint density at radius 1 is 1.82 bits per heavy atom. The monoisotopic (exact) mass is 153 g/mol. The molecule has 0 aliphatic heterocycles. The van der Waals surface area contributed by atoms with Crippen LogP contribution in [0.1, 0.15) is 19.8 Å². The summed E-state index contributed by atoms with van der Waals surface area (Å²) in [6.45, 7) is 5.62. The van der Waals surface area contributed by atoms with Crippen molar-refractivity contribution in [2.45, 2.75) is 31.8 Å². The zero-order valence-electron chi connectivity index (χ0n) is 6.88.